The van der Waals surface area contributed by atoms with Crippen molar-refractivity contribution in [3.05, 3.63) is 75.8 Å². The molecule has 2 aromatic rings. The van der Waals surface area contributed by atoms with Crippen molar-refractivity contribution >= 4 is 35.1 Å². The summed E-state index contributed by atoms with van der Waals surface area (Å²) in [6.45, 7) is 2.86. The predicted octanol–water partition coefficient (Wildman–Crippen LogP) is 3.38. The molecule has 0 aliphatic heterocycles. The maximum Gasteiger partial charge on any atom is 0.331 e. The van der Waals surface area contributed by atoms with Gasteiger partial charge >= 0.3 is 5.97 Å². The number of hydrogen-bond acceptors (Lipinski definition) is 6. The molecule has 0 unspecified atom stereocenters. The molecule has 0 heterocycles. The van der Waals surface area contributed by atoms with Crippen molar-refractivity contribution in [3.8, 4) is 0 Å². The van der Waals surface area contributed by atoms with E-state index in [0.29, 0.717) is 16.8 Å². The molecule has 0 saturated carbocycles. The van der Waals surface area contributed by atoms with Crippen molar-refractivity contribution < 1.29 is 24.0 Å². The number of nitro benzene ring substituents is 1. The van der Waals surface area contributed by atoms with Crippen LogP contribution < -0.4 is 5.32 Å². The molecule has 0 aliphatic rings. The summed E-state index contributed by atoms with van der Waals surface area (Å²) in [5, 5.41) is 13.3. The van der Waals surface area contributed by atoms with Gasteiger partial charge in [0.15, 0.2) is 11.9 Å². The minimum atomic E-state index is -1.06. The topological polar surface area (TPSA) is 116 Å². The number of carbonyl (C=O) groups is 3. The van der Waals surface area contributed by atoms with Crippen molar-refractivity contribution in [1.82, 2.24) is 0 Å². The molecule has 144 valence electrons. The van der Waals surface area contributed by atoms with Crippen LogP contribution in [0.15, 0.2) is 54.6 Å². The number of anilines is 1. The highest BCUT2D eigenvalue weighted by Gasteiger charge is 2.17. The van der Waals surface area contributed by atoms with Crippen LogP contribution in [-0.4, -0.2) is 28.7 Å². The van der Waals surface area contributed by atoms with Crippen molar-refractivity contribution in [3.63, 3.8) is 0 Å². The van der Waals surface area contributed by atoms with Gasteiger partial charge in [0.1, 0.15) is 0 Å². The van der Waals surface area contributed by atoms with E-state index >= 15 is 0 Å². The molecule has 1 N–H and O–H groups in total. The molecule has 2 rings (SSSR count). The van der Waals surface area contributed by atoms with E-state index in [4.69, 9.17) is 4.74 Å². The highest BCUT2D eigenvalue weighted by molar-refractivity contribution is 5.98. The number of ether oxygens (including phenoxy) is 1. The Labute approximate surface area is 161 Å². The van der Waals surface area contributed by atoms with E-state index in [-0.39, 0.29) is 11.5 Å². The van der Waals surface area contributed by atoms with E-state index in [1.165, 1.54) is 38.1 Å². The molecule has 1 amide bonds. The zero-order valence-corrected chi connectivity index (χ0v) is 15.2. The summed E-state index contributed by atoms with van der Waals surface area (Å²) in [4.78, 5) is 45.4. The molecule has 8 heteroatoms. The summed E-state index contributed by atoms with van der Waals surface area (Å²) < 4.78 is 5.02. The van der Waals surface area contributed by atoms with E-state index in [9.17, 15) is 24.5 Å². The van der Waals surface area contributed by atoms with E-state index in [1.54, 1.807) is 30.3 Å². The minimum absolute atomic E-state index is 0.0873. The van der Waals surface area contributed by atoms with Gasteiger partial charge in [-0.15, -0.1) is 0 Å². The first kappa shape index (κ1) is 20.5. The summed E-state index contributed by atoms with van der Waals surface area (Å²) in [6, 6.07) is 12.0. The van der Waals surface area contributed by atoms with Crippen LogP contribution in [0.5, 0.6) is 0 Å². The SMILES string of the molecule is CC(=O)c1ccc(NC(=O)[C@H](C)OC(=O)/C=C/c2cccc([N+](=O)[O-])c2)cc1. The second-order valence-corrected chi connectivity index (χ2v) is 5.89. The summed E-state index contributed by atoms with van der Waals surface area (Å²) in [5.74, 6) is -1.38. The third-order valence-electron chi connectivity index (χ3n) is 3.71. The highest BCUT2D eigenvalue weighted by Crippen LogP contribution is 2.14. The number of benzene rings is 2. The van der Waals surface area contributed by atoms with Gasteiger partial charge < -0.3 is 10.1 Å². The molecule has 0 aromatic heterocycles. The fraction of sp³-hybridized carbons (Fsp3) is 0.150. The van der Waals surface area contributed by atoms with Crippen molar-refractivity contribution in [1.29, 1.82) is 0 Å². The number of nitrogens with zero attached hydrogens (tertiary/aromatic N) is 1. The molecule has 28 heavy (non-hydrogen) atoms. The number of non-ortho nitro benzene ring substituents is 1. The van der Waals surface area contributed by atoms with Gasteiger partial charge in [-0.1, -0.05) is 12.1 Å². The van der Waals surface area contributed by atoms with Crippen LogP contribution in [0.4, 0.5) is 11.4 Å². The summed E-state index contributed by atoms with van der Waals surface area (Å²) in [7, 11) is 0. The average molecular weight is 382 g/mol. The Morgan fingerprint density at radius 2 is 1.82 bits per heavy atom. The second kappa shape index (κ2) is 9.22. The lowest BCUT2D eigenvalue weighted by atomic mass is 10.1. The van der Waals surface area contributed by atoms with Gasteiger partial charge in [0.2, 0.25) is 0 Å². The van der Waals surface area contributed by atoms with Gasteiger partial charge in [-0.2, -0.15) is 0 Å². The fourth-order valence-corrected chi connectivity index (χ4v) is 2.21. The lowest BCUT2D eigenvalue weighted by Crippen LogP contribution is -2.29. The maximum absolute atomic E-state index is 12.1. The van der Waals surface area contributed by atoms with Crippen LogP contribution in [0.2, 0.25) is 0 Å². The molecule has 8 nitrogen and oxygen atoms in total. The van der Waals surface area contributed by atoms with E-state index in [0.717, 1.165) is 6.08 Å². The number of rotatable bonds is 7. The Kier molecular flexibility index (Phi) is 6.75. The molecule has 2 aromatic carbocycles. The molecule has 0 aliphatic carbocycles. The number of carbonyl (C=O) groups excluding carboxylic acids is 3. The second-order valence-electron chi connectivity index (χ2n) is 5.89. The monoisotopic (exact) mass is 382 g/mol. The molecule has 0 saturated heterocycles. The number of hydrogen-bond donors (Lipinski definition) is 1. The number of esters is 1. The van der Waals surface area contributed by atoms with Crippen LogP contribution in [0.25, 0.3) is 6.08 Å². The largest absolute Gasteiger partial charge is 0.449 e. The lowest BCUT2D eigenvalue weighted by molar-refractivity contribution is -0.384. The van der Waals surface area contributed by atoms with Crippen LogP contribution in [0.1, 0.15) is 29.8 Å². The first-order valence-corrected chi connectivity index (χ1v) is 8.31. The van der Waals surface area contributed by atoms with Gasteiger partial charge in [-0.05, 0) is 49.8 Å². The smallest absolute Gasteiger partial charge is 0.331 e. The highest BCUT2D eigenvalue weighted by atomic mass is 16.6. The Morgan fingerprint density at radius 3 is 2.43 bits per heavy atom. The Hall–Kier alpha value is -3.81. The molecule has 0 radical (unpaired) electrons. The number of nitro groups is 1. The van der Waals surface area contributed by atoms with Gasteiger partial charge in [-0.25, -0.2) is 4.79 Å². The van der Waals surface area contributed by atoms with Crippen molar-refractivity contribution in [2.75, 3.05) is 5.32 Å². The standard InChI is InChI=1S/C20H18N2O6/c1-13(23)16-7-9-17(10-8-16)21-20(25)14(2)28-19(24)11-6-15-4-3-5-18(12-15)22(26)27/h3-12,14H,1-2H3,(H,21,25)/b11-6+/t14-/m0/s1. The zero-order valence-electron chi connectivity index (χ0n) is 15.2. The van der Waals surface area contributed by atoms with E-state index < -0.39 is 22.9 Å². The maximum atomic E-state index is 12.1. The molecule has 0 bridgehead atoms. The quantitative estimate of drug-likeness (QED) is 0.258. The first-order chi connectivity index (χ1) is 13.3. The van der Waals surface area contributed by atoms with Crippen LogP contribution in [0, 0.1) is 10.1 Å². The van der Waals surface area contributed by atoms with Gasteiger partial charge in [0, 0.05) is 29.5 Å². The molecular formula is C20H18N2O6. The third-order valence-corrected chi connectivity index (χ3v) is 3.71. The fourth-order valence-electron chi connectivity index (χ4n) is 2.21. The van der Waals surface area contributed by atoms with Crippen LogP contribution in [0.3, 0.4) is 0 Å². The molecular weight excluding hydrogens is 364 g/mol. The predicted molar refractivity (Wildman–Crippen MR) is 103 cm³/mol. The Bertz CT molecular complexity index is 934. The first-order valence-electron chi connectivity index (χ1n) is 8.31. The molecule has 0 fully saturated rings. The van der Waals surface area contributed by atoms with Crippen LogP contribution >= 0.6 is 0 Å². The Balaban J connectivity index is 1.92. The number of nitrogens with one attached hydrogen (secondary N) is 1. The summed E-state index contributed by atoms with van der Waals surface area (Å²) in [5.41, 5.74) is 1.33. The summed E-state index contributed by atoms with van der Waals surface area (Å²) in [6.07, 6.45) is 1.39. The number of ketones is 1. The van der Waals surface area contributed by atoms with Crippen molar-refractivity contribution in [2.45, 2.75) is 20.0 Å². The molecule has 0 spiro atoms. The normalized spacial score (nSPS) is 11.6. The zero-order chi connectivity index (χ0) is 20.7. The summed E-state index contributed by atoms with van der Waals surface area (Å²) >= 11 is 0. The Morgan fingerprint density at radius 1 is 1.14 bits per heavy atom. The van der Waals surface area contributed by atoms with Gasteiger partial charge in [-0.3, -0.25) is 19.7 Å². The molecule has 1 atom stereocenters. The van der Waals surface area contributed by atoms with Gasteiger partial charge in [0.05, 0.1) is 4.92 Å². The number of amides is 1. The third kappa shape index (κ3) is 5.87. The van der Waals surface area contributed by atoms with Crippen LogP contribution in [-0.2, 0) is 14.3 Å². The average Bonchev–Trinajstić information content (AvgIpc) is 2.67. The van der Waals surface area contributed by atoms with E-state index in [1.807, 2.05) is 0 Å². The van der Waals surface area contributed by atoms with Gasteiger partial charge in [0.25, 0.3) is 11.6 Å². The lowest BCUT2D eigenvalue weighted by Gasteiger charge is -2.12. The minimum Gasteiger partial charge on any atom is -0.449 e. The van der Waals surface area contributed by atoms with Crippen molar-refractivity contribution in [2.24, 2.45) is 0 Å². The van der Waals surface area contributed by atoms with E-state index in [2.05, 4.69) is 5.32 Å². The number of Topliss-reactive ketones (excluding diaryl/α,β-unsaturated/α-hetero) is 1.